The quantitative estimate of drug-likeness (QED) is 0.311. The fourth-order valence-corrected chi connectivity index (χ4v) is 3.99. The molecule has 1 aliphatic heterocycles. The smallest absolute Gasteiger partial charge is 0.300 e. The van der Waals surface area contributed by atoms with Gasteiger partial charge in [-0.15, -0.1) is 0 Å². The van der Waals surface area contributed by atoms with E-state index < -0.39 is 17.7 Å². The normalized spacial score (nSPS) is 17.3. The van der Waals surface area contributed by atoms with E-state index in [1.165, 1.54) is 36.2 Å². The lowest BCUT2D eigenvalue weighted by molar-refractivity contribution is -0.132. The van der Waals surface area contributed by atoms with Crippen molar-refractivity contribution in [2.75, 3.05) is 10.2 Å². The van der Waals surface area contributed by atoms with E-state index in [0.29, 0.717) is 16.9 Å². The van der Waals surface area contributed by atoms with Gasteiger partial charge in [-0.2, -0.15) is 0 Å². The molecule has 0 bridgehead atoms. The van der Waals surface area contributed by atoms with Crippen LogP contribution < -0.4 is 10.2 Å². The van der Waals surface area contributed by atoms with Crippen molar-refractivity contribution >= 4 is 57.9 Å². The topological polar surface area (TPSA) is 99.6 Å². The van der Waals surface area contributed by atoms with Gasteiger partial charge in [0.25, 0.3) is 11.7 Å². The van der Waals surface area contributed by atoms with Crippen LogP contribution in [0.5, 0.6) is 0 Å². The molecule has 2 heterocycles. The van der Waals surface area contributed by atoms with Crippen molar-refractivity contribution in [3.63, 3.8) is 0 Å². The third-order valence-electron chi connectivity index (χ3n) is 5.08. The van der Waals surface area contributed by atoms with Crippen molar-refractivity contribution in [3.05, 3.63) is 93.7 Å². The van der Waals surface area contributed by atoms with Gasteiger partial charge < -0.3 is 10.4 Å². The van der Waals surface area contributed by atoms with Crippen LogP contribution in [0.25, 0.3) is 5.76 Å². The van der Waals surface area contributed by atoms with E-state index in [1.54, 1.807) is 42.6 Å². The minimum Gasteiger partial charge on any atom is -0.507 e. The van der Waals surface area contributed by atoms with Gasteiger partial charge in [-0.05, 0) is 48.0 Å². The lowest BCUT2D eigenvalue weighted by Crippen LogP contribution is -2.29. The van der Waals surface area contributed by atoms with Gasteiger partial charge in [0.1, 0.15) is 5.76 Å². The molecule has 0 saturated carbocycles. The highest BCUT2D eigenvalue weighted by Crippen LogP contribution is 2.42. The van der Waals surface area contributed by atoms with E-state index in [2.05, 4.69) is 10.3 Å². The molecule has 33 heavy (non-hydrogen) atoms. The Kier molecular flexibility index (Phi) is 6.18. The van der Waals surface area contributed by atoms with Gasteiger partial charge in [0.15, 0.2) is 0 Å². The van der Waals surface area contributed by atoms with Gasteiger partial charge >= 0.3 is 0 Å². The summed E-state index contributed by atoms with van der Waals surface area (Å²) in [6.07, 6.45) is 3.08. The van der Waals surface area contributed by atoms with E-state index in [9.17, 15) is 19.5 Å². The molecular weight excluding hydrogens is 465 g/mol. The zero-order valence-electron chi connectivity index (χ0n) is 17.3. The molecule has 0 radical (unpaired) electrons. The Morgan fingerprint density at radius 1 is 1.06 bits per heavy atom. The van der Waals surface area contributed by atoms with Crippen molar-refractivity contribution in [1.82, 2.24) is 4.98 Å². The molecule has 1 aromatic heterocycles. The van der Waals surface area contributed by atoms with Crippen molar-refractivity contribution in [1.29, 1.82) is 0 Å². The van der Waals surface area contributed by atoms with Crippen LogP contribution in [0.15, 0.2) is 72.6 Å². The fraction of sp³-hybridized carbons (Fsp3) is 0.0833. The SMILES string of the molecule is CC(=O)Nc1cccc(N2C(=O)C(=O)/C(=C(/O)c3ccc(Cl)c(Cl)c3)C2c2cccnc2)c1. The number of aromatic nitrogens is 1. The summed E-state index contributed by atoms with van der Waals surface area (Å²) >= 11 is 12.1. The number of carbonyl (C=O) groups excluding carboxylic acids is 3. The van der Waals surface area contributed by atoms with Gasteiger partial charge in [0.05, 0.1) is 21.7 Å². The average molecular weight is 482 g/mol. The van der Waals surface area contributed by atoms with Crippen molar-refractivity contribution in [3.8, 4) is 0 Å². The number of anilines is 2. The van der Waals surface area contributed by atoms with Crippen LogP contribution in [0.1, 0.15) is 24.1 Å². The highest BCUT2D eigenvalue weighted by molar-refractivity contribution is 6.51. The number of rotatable bonds is 4. The zero-order chi connectivity index (χ0) is 23.7. The lowest BCUT2D eigenvalue weighted by atomic mass is 9.96. The Morgan fingerprint density at radius 3 is 2.52 bits per heavy atom. The van der Waals surface area contributed by atoms with E-state index in [4.69, 9.17) is 23.2 Å². The van der Waals surface area contributed by atoms with E-state index in [0.717, 1.165) is 0 Å². The van der Waals surface area contributed by atoms with Gasteiger partial charge in [0.2, 0.25) is 5.91 Å². The molecule has 9 heteroatoms. The second-order valence-electron chi connectivity index (χ2n) is 7.32. The number of benzene rings is 2. The van der Waals surface area contributed by atoms with E-state index >= 15 is 0 Å². The van der Waals surface area contributed by atoms with Crippen molar-refractivity contribution in [2.24, 2.45) is 0 Å². The number of aliphatic hydroxyl groups is 1. The number of nitrogens with zero attached hydrogens (tertiary/aromatic N) is 2. The first-order valence-electron chi connectivity index (χ1n) is 9.82. The summed E-state index contributed by atoms with van der Waals surface area (Å²) in [5.74, 6) is -2.36. The highest BCUT2D eigenvalue weighted by atomic mass is 35.5. The fourth-order valence-electron chi connectivity index (χ4n) is 3.69. The number of hydrogen-bond donors (Lipinski definition) is 2. The summed E-state index contributed by atoms with van der Waals surface area (Å²) in [4.78, 5) is 43.2. The van der Waals surface area contributed by atoms with Crippen LogP contribution in [0.2, 0.25) is 10.0 Å². The monoisotopic (exact) mass is 481 g/mol. The standard InChI is InChI=1S/C24H17Cl2N3O4/c1-13(30)28-16-5-2-6-17(11-16)29-21(15-4-3-9-27-12-15)20(23(32)24(29)33)22(31)14-7-8-18(25)19(26)10-14/h2-12,21,31H,1H3,(H,28,30)/b22-20+. The van der Waals surface area contributed by atoms with Crippen LogP contribution in [-0.4, -0.2) is 27.7 Å². The maximum absolute atomic E-state index is 13.2. The summed E-state index contributed by atoms with van der Waals surface area (Å²) in [5.41, 5.74) is 1.46. The first kappa shape index (κ1) is 22.5. The molecule has 3 aromatic rings. The average Bonchev–Trinajstić information content (AvgIpc) is 3.06. The highest BCUT2D eigenvalue weighted by Gasteiger charge is 2.47. The molecule has 2 amide bonds. The molecule has 0 aliphatic carbocycles. The molecule has 1 aliphatic rings. The van der Waals surface area contributed by atoms with Gasteiger partial charge in [-0.1, -0.05) is 35.3 Å². The number of aliphatic hydroxyl groups excluding tert-OH is 1. The maximum Gasteiger partial charge on any atom is 0.300 e. The van der Waals surface area contributed by atoms with Gasteiger partial charge in [0, 0.05) is 36.3 Å². The molecule has 166 valence electrons. The molecule has 2 N–H and O–H groups in total. The van der Waals surface area contributed by atoms with E-state index in [1.807, 2.05) is 0 Å². The first-order valence-corrected chi connectivity index (χ1v) is 10.6. The molecule has 1 fully saturated rings. The molecule has 4 rings (SSSR count). The van der Waals surface area contributed by atoms with E-state index in [-0.39, 0.29) is 32.8 Å². The molecule has 0 spiro atoms. The molecule has 1 saturated heterocycles. The number of amides is 2. The summed E-state index contributed by atoms with van der Waals surface area (Å²) in [7, 11) is 0. The molecule has 1 atom stereocenters. The van der Waals surface area contributed by atoms with Crippen molar-refractivity contribution in [2.45, 2.75) is 13.0 Å². The Morgan fingerprint density at radius 2 is 1.85 bits per heavy atom. The Balaban J connectivity index is 1.91. The van der Waals surface area contributed by atoms with Crippen LogP contribution in [-0.2, 0) is 14.4 Å². The number of hydrogen-bond acceptors (Lipinski definition) is 5. The summed E-state index contributed by atoms with van der Waals surface area (Å²) in [6, 6.07) is 13.4. The predicted octanol–water partition coefficient (Wildman–Crippen LogP) is 4.97. The van der Waals surface area contributed by atoms with Crippen LogP contribution >= 0.6 is 23.2 Å². The van der Waals surface area contributed by atoms with Crippen molar-refractivity contribution < 1.29 is 19.5 Å². The van der Waals surface area contributed by atoms with Gasteiger partial charge in [-0.3, -0.25) is 24.3 Å². The summed E-state index contributed by atoms with van der Waals surface area (Å²) in [5, 5.41) is 14.2. The zero-order valence-corrected chi connectivity index (χ0v) is 18.8. The maximum atomic E-state index is 13.2. The predicted molar refractivity (Wildman–Crippen MR) is 126 cm³/mol. The molecular formula is C24H17Cl2N3O4. The Labute approximate surface area is 199 Å². The molecule has 7 nitrogen and oxygen atoms in total. The first-order chi connectivity index (χ1) is 15.8. The van der Waals surface area contributed by atoms with Crippen LogP contribution in [0.3, 0.4) is 0 Å². The molecule has 1 unspecified atom stereocenters. The summed E-state index contributed by atoms with van der Waals surface area (Å²) < 4.78 is 0. The number of pyridine rings is 1. The third kappa shape index (κ3) is 4.33. The lowest BCUT2D eigenvalue weighted by Gasteiger charge is -2.25. The van der Waals surface area contributed by atoms with Gasteiger partial charge in [-0.25, -0.2) is 0 Å². The minimum atomic E-state index is -0.958. The number of halogens is 2. The van der Waals surface area contributed by atoms with Crippen LogP contribution in [0.4, 0.5) is 11.4 Å². The number of nitrogens with one attached hydrogen (secondary N) is 1. The Bertz CT molecular complexity index is 1310. The Hall–Kier alpha value is -3.68. The number of ketones is 1. The number of Topliss-reactive ketones (excluding diaryl/α,β-unsaturated/α-hetero) is 1. The van der Waals surface area contributed by atoms with Crippen LogP contribution in [0, 0.1) is 0 Å². The minimum absolute atomic E-state index is 0.115. The number of carbonyl (C=O) groups is 3. The second-order valence-corrected chi connectivity index (χ2v) is 8.13. The largest absolute Gasteiger partial charge is 0.507 e. The second kappa shape index (κ2) is 9.05. The third-order valence-corrected chi connectivity index (χ3v) is 5.82. The summed E-state index contributed by atoms with van der Waals surface area (Å²) in [6.45, 7) is 1.37. The molecule has 2 aromatic carbocycles.